The molecule has 1 rings (SSSR count). The molecule has 0 atom stereocenters. The van der Waals surface area contributed by atoms with Crippen molar-refractivity contribution in [2.45, 2.75) is 26.2 Å². The predicted molar refractivity (Wildman–Crippen MR) is 46.7 cm³/mol. The second kappa shape index (κ2) is 5.56. The molecule has 2 heteroatoms. The molecule has 0 radical (unpaired) electrons. The molecule has 11 heavy (non-hydrogen) atoms. The Morgan fingerprint density at radius 3 is 2.73 bits per heavy atom. The van der Waals surface area contributed by atoms with Gasteiger partial charge < -0.3 is 10.1 Å². The highest BCUT2D eigenvalue weighted by Crippen LogP contribution is 2.15. The Labute approximate surface area is 69.3 Å². The van der Waals surface area contributed by atoms with Gasteiger partial charge in [0.25, 0.3) is 0 Å². The highest BCUT2D eigenvalue weighted by molar-refractivity contribution is 4.67. The minimum Gasteiger partial charge on any atom is -0.382 e. The molecule has 0 saturated carbocycles. The maximum Gasteiger partial charge on any atom is 0.0468 e. The highest BCUT2D eigenvalue weighted by atomic mass is 16.5. The number of piperidine rings is 1. The van der Waals surface area contributed by atoms with E-state index in [0.29, 0.717) is 0 Å². The normalized spacial score (nSPS) is 20.5. The van der Waals surface area contributed by atoms with Crippen molar-refractivity contribution < 1.29 is 4.74 Å². The third-order valence-corrected chi connectivity index (χ3v) is 2.33. The third-order valence-electron chi connectivity index (χ3n) is 2.33. The van der Waals surface area contributed by atoms with Crippen molar-refractivity contribution in [3.63, 3.8) is 0 Å². The van der Waals surface area contributed by atoms with E-state index in [0.717, 1.165) is 19.1 Å². The SMILES string of the molecule is CCOCCC1CCNCC1. The van der Waals surface area contributed by atoms with Crippen LogP contribution < -0.4 is 5.32 Å². The molecule has 0 aliphatic carbocycles. The van der Waals surface area contributed by atoms with Gasteiger partial charge in [0.15, 0.2) is 0 Å². The lowest BCUT2D eigenvalue weighted by atomic mass is 9.95. The fraction of sp³-hybridized carbons (Fsp3) is 1.00. The van der Waals surface area contributed by atoms with Crippen molar-refractivity contribution in [3.8, 4) is 0 Å². The van der Waals surface area contributed by atoms with Crippen LogP contribution in [0.4, 0.5) is 0 Å². The summed E-state index contributed by atoms with van der Waals surface area (Å²) in [6, 6.07) is 0. The third kappa shape index (κ3) is 3.73. The van der Waals surface area contributed by atoms with Crippen LogP contribution in [0.1, 0.15) is 26.2 Å². The minimum absolute atomic E-state index is 0.866. The number of rotatable bonds is 4. The monoisotopic (exact) mass is 157 g/mol. The van der Waals surface area contributed by atoms with Crippen molar-refractivity contribution in [2.75, 3.05) is 26.3 Å². The zero-order chi connectivity index (χ0) is 7.94. The molecule has 0 spiro atoms. The number of hydrogen-bond donors (Lipinski definition) is 1. The molecule has 0 aromatic carbocycles. The van der Waals surface area contributed by atoms with Crippen LogP contribution in [0.2, 0.25) is 0 Å². The second-order valence-electron chi connectivity index (χ2n) is 3.18. The lowest BCUT2D eigenvalue weighted by Gasteiger charge is -2.22. The summed E-state index contributed by atoms with van der Waals surface area (Å²) in [5, 5.41) is 3.36. The van der Waals surface area contributed by atoms with E-state index in [1.54, 1.807) is 0 Å². The smallest absolute Gasteiger partial charge is 0.0468 e. The maximum atomic E-state index is 5.32. The fourth-order valence-electron chi connectivity index (χ4n) is 1.56. The summed E-state index contributed by atoms with van der Waals surface area (Å²) in [5.74, 6) is 0.919. The number of hydrogen-bond acceptors (Lipinski definition) is 2. The van der Waals surface area contributed by atoms with Crippen LogP contribution in [-0.4, -0.2) is 26.3 Å². The van der Waals surface area contributed by atoms with Gasteiger partial charge in [0.2, 0.25) is 0 Å². The largest absolute Gasteiger partial charge is 0.382 e. The fourth-order valence-corrected chi connectivity index (χ4v) is 1.56. The van der Waals surface area contributed by atoms with Gasteiger partial charge in [0, 0.05) is 13.2 Å². The number of nitrogens with one attached hydrogen (secondary N) is 1. The van der Waals surface area contributed by atoms with Gasteiger partial charge >= 0.3 is 0 Å². The van der Waals surface area contributed by atoms with Gasteiger partial charge in [-0.05, 0) is 45.2 Å². The van der Waals surface area contributed by atoms with Crippen LogP contribution in [-0.2, 0) is 4.74 Å². The quantitative estimate of drug-likeness (QED) is 0.623. The summed E-state index contributed by atoms with van der Waals surface area (Å²) in [5.41, 5.74) is 0. The first kappa shape index (κ1) is 9.01. The van der Waals surface area contributed by atoms with Crippen LogP contribution >= 0.6 is 0 Å². The Balaban J connectivity index is 1.96. The zero-order valence-electron chi connectivity index (χ0n) is 7.44. The summed E-state index contributed by atoms with van der Waals surface area (Å²) in [7, 11) is 0. The Morgan fingerprint density at radius 1 is 1.36 bits per heavy atom. The van der Waals surface area contributed by atoms with Gasteiger partial charge in [-0.25, -0.2) is 0 Å². The molecule has 1 aliphatic rings. The molecule has 0 aromatic heterocycles. The molecule has 0 amide bonds. The zero-order valence-corrected chi connectivity index (χ0v) is 7.44. The first-order valence-corrected chi connectivity index (χ1v) is 4.72. The Hall–Kier alpha value is -0.0800. The van der Waals surface area contributed by atoms with E-state index < -0.39 is 0 Å². The Kier molecular flexibility index (Phi) is 4.55. The summed E-state index contributed by atoms with van der Waals surface area (Å²) >= 11 is 0. The van der Waals surface area contributed by atoms with Crippen molar-refractivity contribution in [1.82, 2.24) is 5.32 Å². The van der Waals surface area contributed by atoms with Crippen LogP contribution in [0.5, 0.6) is 0 Å². The topological polar surface area (TPSA) is 21.3 Å². The molecule has 2 nitrogen and oxygen atoms in total. The Bertz CT molecular complexity index is 89.6. The summed E-state index contributed by atoms with van der Waals surface area (Å²) in [4.78, 5) is 0. The molecule has 1 saturated heterocycles. The van der Waals surface area contributed by atoms with Crippen molar-refractivity contribution in [3.05, 3.63) is 0 Å². The van der Waals surface area contributed by atoms with E-state index in [1.807, 2.05) is 0 Å². The molecule has 1 heterocycles. The van der Waals surface area contributed by atoms with Crippen molar-refractivity contribution in [2.24, 2.45) is 5.92 Å². The summed E-state index contributed by atoms with van der Waals surface area (Å²) in [6.07, 6.45) is 3.94. The van der Waals surface area contributed by atoms with Crippen LogP contribution in [0.3, 0.4) is 0 Å². The Morgan fingerprint density at radius 2 is 2.09 bits per heavy atom. The predicted octanol–water partition coefficient (Wildman–Crippen LogP) is 1.41. The van der Waals surface area contributed by atoms with Crippen LogP contribution in [0, 0.1) is 5.92 Å². The van der Waals surface area contributed by atoms with Gasteiger partial charge in [0.05, 0.1) is 0 Å². The second-order valence-corrected chi connectivity index (χ2v) is 3.18. The van der Waals surface area contributed by atoms with E-state index in [-0.39, 0.29) is 0 Å². The first-order valence-electron chi connectivity index (χ1n) is 4.72. The first-order chi connectivity index (χ1) is 5.43. The highest BCUT2D eigenvalue weighted by Gasteiger charge is 2.11. The van der Waals surface area contributed by atoms with E-state index in [2.05, 4.69) is 12.2 Å². The molecule has 1 aliphatic heterocycles. The van der Waals surface area contributed by atoms with Gasteiger partial charge in [-0.1, -0.05) is 0 Å². The lowest BCUT2D eigenvalue weighted by molar-refractivity contribution is 0.126. The van der Waals surface area contributed by atoms with E-state index in [1.165, 1.54) is 32.4 Å². The standard InChI is InChI=1S/C9H19NO/c1-2-11-8-5-9-3-6-10-7-4-9/h9-10H,2-8H2,1H3. The number of ether oxygens (including phenoxy) is 1. The molecule has 66 valence electrons. The van der Waals surface area contributed by atoms with Gasteiger partial charge in [-0.2, -0.15) is 0 Å². The average Bonchev–Trinajstić information content (AvgIpc) is 2.07. The van der Waals surface area contributed by atoms with Gasteiger partial charge in [0.1, 0.15) is 0 Å². The average molecular weight is 157 g/mol. The molecule has 1 N–H and O–H groups in total. The minimum atomic E-state index is 0.866. The molecule has 1 fully saturated rings. The maximum absolute atomic E-state index is 5.32. The molecular weight excluding hydrogens is 138 g/mol. The molecule has 0 bridgehead atoms. The van der Waals surface area contributed by atoms with Crippen molar-refractivity contribution in [1.29, 1.82) is 0 Å². The van der Waals surface area contributed by atoms with E-state index in [4.69, 9.17) is 4.74 Å². The molecular formula is C9H19NO. The van der Waals surface area contributed by atoms with Gasteiger partial charge in [-0.3, -0.25) is 0 Å². The van der Waals surface area contributed by atoms with E-state index in [9.17, 15) is 0 Å². The molecule has 0 aromatic rings. The summed E-state index contributed by atoms with van der Waals surface area (Å²) in [6.45, 7) is 6.29. The van der Waals surface area contributed by atoms with Gasteiger partial charge in [-0.15, -0.1) is 0 Å². The van der Waals surface area contributed by atoms with E-state index >= 15 is 0 Å². The van der Waals surface area contributed by atoms with Crippen LogP contribution in [0.25, 0.3) is 0 Å². The van der Waals surface area contributed by atoms with Crippen LogP contribution in [0.15, 0.2) is 0 Å². The lowest BCUT2D eigenvalue weighted by Crippen LogP contribution is -2.28. The summed E-state index contributed by atoms with van der Waals surface area (Å²) < 4.78 is 5.32. The van der Waals surface area contributed by atoms with Crippen molar-refractivity contribution >= 4 is 0 Å². The molecule has 0 unspecified atom stereocenters.